The predicted molar refractivity (Wildman–Crippen MR) is 28.2 cm³/mol. The summed E-state index contributed by atoms with van der Waals surface area (Å²) in [5, 5.41) is 0. The van der Waals surface area contributed by atoms with Crippen molar-refractivity contribution in [3.63, 3.8) is 0 Å². The van der Waals surface area contributed by atoms with Gasteiger partial charge < -0.3 is 44.6 Å². The summed E-state index contributed by atoms with van der Waals surface area (Å²) in [4.78, 5) is 55.0. The Kier molecular flexibility index (Phi) is 15.8. The number of quaternary nitrogens is 1. The van der Waals surface area contributed by atoms with Gasteiger partial charge in [-0.15, -0.1) is 0 Å². The van der Waals surface area contributed by atoms with Crippen LogP contribution in [0.5, 0.6) is 0 Å². The summed E-state index contributed by atoms with van der Waals surface area (Å²) >= 11 is 0. The Morgan fingerprint density at radius 2 is 1.00 bits per heavy atom. The Labute approximate surface area is 79.1 Å². The first-order valence-electron chi connectivity index (χ1n) is 1.62. The average molecular weight is 265 g/mol. The second-order valence-corrected chi connectivity index (χ2v) is 3.14. The molecule has 8 N–H and O–H groups in total. The molecule has 0 rings (SSSR count). The van der Waals surface area contributed by atoms with E-state index in [0.717, 1.165) is 0 Å². The molecule has 0 saturated heterocycles. The van der Waals surface area contributed by atoms with Crippen molar-refractivity contribution in [3.8, 4) is 0 Å². The van der Waals surface area contributed by atoms with Crippen LogP contribution in [0.2, 0.25) is 0 Å². The second-order valence-electron chi connectivity index (χ2n) is 1.05. The standard InChI is InChI=1S/Fe.H3N.H3O4P.H4O4Si/c;;2*1-5(2,3)4/h;1H3;(H3,1,2,3,4);1-4H/q+2;;;/p-2. The topological polar surface area (TPSA) is 204 Å². The van der Waals surface area contributed by atoms with E-state index in [4.69, 9.17) is 38.4 Å². The smallest absolute Gasteiger partial charge is 0.822 e. The normalized spacial score (nSPS) is 9.92. The largest absolute Gasteiger partial charge is 2.00 e. The molecular weight excluding hydrogens is 257 g/mol. The zero-order chi connectivity index (χ0) is 9.00. The van der Waals surface area contributed by atoms with Gasteiger partial charge in [0.1, 0.15) is 0 Å². The summed E-state index contributed by atoms with van der Waals surface area (Å²) in [5.74, 6) is 0. The van der Waals surface area contributed by atoms with Crippen LogP contribution in [0.3, 0.4) is 0 Å². The van der Waals surface area contributed by atoms with Crippen LogP contribution in [0, 0.1) is 0 Å². The molecule has 0 atom stereocenters. The molecule has 0 aromatic carbocycles. The summed E-state index contributed by atoms with van der Waals surface area (Å²) in [6.07, 6.45) is 0. The molecule has 78 valence electrons. The van der Waals surface area contributed by atoms with Gasteiger partial charge >= 0.3 is 26.1 Å². The molecule has 0 aliphatic carbocycles. The van der Waals surface area contributed by atoms with E-state index < -0.39 is 16.9 Å². The Hall–Kier alpha value is 0.646. The fourth-order valence-corrected chi connectivity index (χ4v) is 0. The predicted octanol–water partition coefficient (Wildman–Crippen LogP) is -5.06. The van der Waals surface area contributed by atoms with Crippen molar-refractivity contribution in [1.82, 2.24) is 6.15 Å². The van der Waals surface area contributed by atoms with Crippen LogP contribution in [0.15, 0.2) is 0 Å². The van der Waals surface area contributed by atoms with E-state index >= 15 is 0 Å². The van der Waals surface area contributed by atoms with E-state index in [9.17, 15) is 0 Å². The molecule has 0 fully saturated rings. The van der Waals surface area contributed by atoms with Gasteiger partial charge in [0.25, 0.3) is 0 Å². The quantitative estimate of drug-likeness (QED) is 0.211. The summed E-state index contributed by atoms with van der Waals surface area (Å²) in [6.45, 7) is 0. The van der Waals surface area contributed by atoms with E-state index in [1.54, 1.807) is 0 Å². The number of hydrogen-bond acceptors (Lipinski definition) is 8. The molecule has 0 spiro atoms. The minimum atomic E-state index is -5.39. The maximum Gasteiger partial charge on any atom is 2.00 e. The van der Waals surface area contributed by atoms with Crippen LogP contribution in [-0.2, 0) is 21.6 Å². The van der Waals surface area contributed by atoms with E-state index in [2.05, 4.69) is 0 Å². The van der Waals surface area contributed by atoms with E-state index in [-0.39, 0.29) is 23.2 Å². The summed E-state index contributed by atoms with van der Waals surface area (Å²) in [7, 11) is -10.0. The van der Waals surface area contributed by atoms with E-state index in [1.807, 2.05) is 0 Å². The molecule has 0 heterocycles. The summed E-state index contributed by atoms with van der Waals surface area (Å²) in [6, 6.07) is 0. The Morgan fingerprint density at radius 1 is 1.00 bits per heavy atom. The fourth-order valence-electron chi connectivity index (χ4n) is 0. The molecule has 0 amide bonds. The van der Waals surface area contributed by atoms with Crippen molar-refractivity contribution in [3.05, 3.63) is 0 Å². The van der Waals surface area contributed by atoms with E-state index in [1.165, 1.54) is 0 Å². The minimum absolute atomic E-state index is 0. The van der Waals surface area contributed by atoms with Crippen LogP contribution in [0.25, 0.3) is 0 Å². The van der Waals surface area contributed by atoms with Crippen molar-refractivity contribution in [2.45, 2.75) is 0 Å². The monoisotopic (exact) mass is 265 g/mol. The maximum atomic E-state index is 8.55. The third kappa shape index (κ3) is 2370. The SMILES string of the molecule is O=P([O-])([O-])[O-].O[Si](O)(O)O.[Fe+2].[NH4+]. The first-order chi connectivity index (χ1) is 4.00. The average Bonchev–Trinajstić information content (AvgIpc) is 1.12. The molecule has 0 aromatic rings. The van der Waals surface area contributed by atoms with Gasteiger partial charge in [0.05, 0.1) is 0 Å². The van der Waals surface area contributed by atoms with Gasteiger partial charge in [-0.05, 0) is 0 Å². The third-order valence-corrected chi connectivity index (χ3v) is 0. The molecular formula is H8FeNO8PSi. The van der Waals surface area contributed by atoms with Gasteiger partial charge in [0.2, 0.25) is 0 Å². The molecule has 12 heteroatoms. The molecule has 12 heavy (non-hydrogen) atoms. The Bertz CT molecular complexity index is 111. The molecule has 0 bridgehead atoms. The number of hydrogen-bond donors (Lipinski definition) is 5. The van der Waals surface area contributed by atoms with Crippen LogP contribution in [-0.4, -0.2) is 28.2 Å². The number of rotatable bonds is 0. The molecule has 0 aliphatic heterocycles. The van der Waals surface area contributed by atoms with Gasteiger partial charge in [-0.3, -0.25) is 0 Å². The zero-order valence-corrected chi connectivity index (χ0v) is 8.72. The first-order valence-corrected chi connectivity index (χ1v) is 4.87. The minimum Gasteiger partial charge on any atom is -0.822 e. The van der Waals surface area contributed by atoms with Crippen molar-refractivity contribution < 1.29 is 55.5 Å². The van der Waals surface area contributed by atoms with Crippen LogP contribution < -0.4 is 20.8 Å². The van der Waals surface area contributed by atoms with Crippen LogP contribution >= 0.6 is 7.82 Å². The van der Waals surface area contributed by atoms with Crippen molar-refractivity contribution in [2.75, 3.05) is 0 Å². The molecule has 0 aromatic heterocycles. The van der Waals surface area contributed by atoms with Crippen molar-refractivity contribution >= 4 is 16.9 Å². The van der Waals surface area contributed by atoms with Gasteiger partial charge in [0.15, 0.2) is 0 Å². The van der Waals surface area contributed by atoms with Crippen molar-refractivity contribution in [2.24, 2.45) is 0 Å². The molecule has 0 aliphatic rings. The Balaban J connectivity index is -0.0000000457. The first kappa shape index (κ1) is 22.9. The second kappa shape index (κ2) is 8.25. The summed E-state index contributed by atoms with van der Waals surface area (Å²) in [5.41, 5.74) is 0. The van der Waals surface area contributed by atoms with Crippen LogP contribution in [0.1, 0.15) is 0 Å². The molecule has 9 nitrogen and oxygen atoms in total. The van der Waals surface area contributed by atoms with Gasteiger partial charge in [-0.1, -0.05) is 0 Å². The zero-order valence-electron chi connectivity index (χ0n) is 5.72. The summed E-state index contributed by atoms with van der Waals surface area (Å²) < 4.78 is 8.55. The molecule has 0 radical (unpaired) electrons. The van der Waals surface area contributed by atoms with Crippen LogP contribution in [0.4, 0.5) is 0 Å². The fraction of sp³-hybridized carbons (Fsp3) is 0. The third-order valence-electron chi connectivity index (χ3n) is 0. The molecule has 0 unspecified atom stereocenters. The Morgan fingerprint density at radius 3 is 1.00 bits per heavy atom. The van der Waals surface area contributed by atoms with Crippen molar-refractivity contribution in [1.29, 1.82) is 0 Å². The van der Waals surface area contributed by atoms with Gasteiger partial charge in [0, 0.05) is 0 Å². The van der Waals surface area contributed by atoms with Gasteiger partial charge in [-0.25, -0.2) is 0 Å². The maximum absolute atomic E-state index is 8.55. The van der Waals surface area contributed by atoms with E-state index in [0.29, 0.717) is 0 Å². The number of phosphoric acid groups is 1. The molecule has 0 saturated carbocycles. The van der Waals surface area contributed by atoms with Gasteiger partial charge in [-0.2, -0.15) is 7.82 Å².